The van der Waals surface area contributed by atoms with Crippen molar-refractivity contribution < 1.29 is 19.5 Å². The molecule has 9 heteroatoms. The minimum absolute atomic E-state index is 0.160. The number of hydrogen-bond donors (Lipinski definition) is 5. The number of fused-ring (bicyclic) bond motifs is 1. The molecule has 0 unspecified atom stereocenters. The molecule has 0 spiro atoms. The molecule has 4 aromatic carbocycles. The number of primary amides is 1. The molecule has 5 aromatic rings. The zero-order valence-electron chi connectivity index (χ0n) is 20.8. The number of anilines is 3. The Morgan fingerprint density at radius 3 is 1.74 bits per heavy atom. The van der Waals surface area contributed by atoms with Crippen molar-refractivity contribution in [1.29, 1.82) is 0 Å². The van der Waals surface area contributed by atoms with Gasteiger partial charge in [0.2, 0.25) is 5.91 Å². The molecule has 39 heavy (non-hydrogen) atoms. The molecule has 1 aromatic heterocycles. The van der Waals surface area contributed by atoms with Crippen LogP contribution in [0.5, 0.6) is 0 Å². The van der Waals surface area contributed by atoms with Crippen molar-refractivity contribution in [3.8, 4) is 0 Å². The lowest BCUT2D eigenvalue weighted by atomic mass is 10.1. The van der Waals surface area contributed by atoms with Crippen LogP contribution in [-0.2, 0) is 0 Å². The fourth-order valence-corrected chi connectivity index (χ4v) is 3.24. The maximum atomic E-state index is 11.7. The van der Waals surface area contributed by atoms with Gasteiger partial charge in [0.1, 0.15) is 0 Å². The van der Waals surface area contributed by atoms with Gasteiger partial charge in [-0.25, -0.2) is 4.79 Å². The third-order valence-electron chi connectivity index (χ3n) is 5.30. The average molecular weight is 522 g/mol. The third kappa shape index (κ3) is 8.72. The number of rotatable bonds is 4. The summed E-state index contributed by atoms with van der Waals surface area (Å²) in [6.07, 6.45) is 3.16. The van der Waals surface area contributed by atoms with Crippen molar-refractivity contribution >= 4 is 45.6 Å². The number of carbonyl (C=O) groups is 3. The lowest BCUT2D eigenvalue weighted by Gasteiger charge is -2.04. The van der Waals surface area contributed by atoms with Crippen LogP contribution < -0.4 is 22.5 Å². The zero-order valence-corrected chi connectivity index (χ0v) is 20.8. The van der Waals surface area contributed by atoms with Crippen molar-refractivity contribution in [3.63, 3.8) is 0 Å². The number of benzene rings is 4. The van der Waals surface area contributed by atoms with Crippen molar-refractivity contribution in [1.82, 2.24) is 4.98 Å². The van der Waals surface area contributed by atoms with Crippen molar-refractivity contribution in [3.05, 3.63) is 132 Å². The average Bonchev–Trinajstić information content (AvgIpc) is 2.95. The monoisotopic (exact) mass is 521 g/mol. The van der Waals surface area contributed by atoms with Crippen molar-refractivity contribution in [2.24, 2.45) is 5.73 Å². The second-order valence-electron chi connectivity index (χ2n) is 8.17. The molecule has 1 heterocycles. The molecule has 8 N–H and O–H groups in total. The van der Waals surface area contributed by atoms with Crippen LogP contribution in [-0.4, -0.2) is 27.9 Å². The predicted octanol–water partition coefficient (Wildman–Crippen LogP) is 4.82. The van der Waals surface area contributed by atoms with Crippen LogP contribution in [0.4, 0.5) is 17.1 Å². The van der Waals surface area contributed by atoms with Crippen LogP contribution in [0.2, 0.25) is 0 Å². The van der Waals surface area contributed by atoms with E-state index in [4.69, 9.17) is 22.3 Å². The Morgan fingerprint density at radius 2 is 1.18 bits per heavy atom. The highest BCUT2D eigenvalue weighted by Gasteiger charge is 2.04. The highest BCUT2D eigenvalue weighted by atomic mass is 16.4. The summed E-state index contributed by atoms with van der Waals surface area (Å²) in [4.78, 5) is 36.7. The molecular weight excluding hydrogens is 494 g/mol. The summed E-state index contributed by atoms with van der Waals surface area (Å²) in [6, 6.07) is 29.6. The predicted molar refractivity (Wildman–Crippen MR) is 153 cm³/mol. The quantitative estimate of drug-likeness (QED) is 0.211. The lowest BCUT2D eigenvalue weighted by Crippen LogP contribution is -2.11. The standard InChI is InChI=1S/C12H11N3O.C11H8O2.C7H8N2O/c13-10-1-3-11(4-2-10)15-12(16)9-5-7-14-8-6-9;12-11(13)10-6-5-8-3-1-2-4-9(8)7-10;8-6-3-1-5(2-4-6)7(9)10/h1-8H,13H2,(H,15,16);1-7H,(H,12,13);1-4H,8H2,(H2,9,10). The van der Waals surface area contributed by atoms with Crippen LogP contribution in [0.1, 0.15) is 31.1 Å². The van der Waals surface area contributed by atoms with E-state index in [-0.39, 0.29) is 5.91 Å². The molecule has 0 aliphatic rings. The number of nitrogens with two attached hydrogens (primary N) is 3. The van der Waals surface area contributed by atoms with E-state index < -0.39 is 11.9 Å². The molecule has 0 atom stereocenters. The Morgan fingerprint density at radius 1 is 0.641 bits per heavy atom. The second kappa shape index (κ2) is 13.6. The molecule has 0 saturated heterocycles. The minimum Gasteiger partial charge on any atom is -0.478 e. The van der Waals surface area contributed by atoms with Gasteiger partial charge in [-0.05, 0) is 83.6 Å². The van der Waals surface area contributed by atoms with E-state index in [1.165, 1.54) is 0 Å². The number of pyridine rings is 1. The van der Waals surface area contributed by atoms with E-state index in [0.29, 0.717) is 28.1 Å². The van der Waals surface area contributed by atoms with Gasteiger partial charge in [0.05, 0.1) is 5.56 Å². The Kier molecular flexibility index (Phi) is 9.70. The summed E-state index contributed by atoms with van der Waals surface area (Å²) < 4.78 is 0. The number of carboxylic acid groups (broad SMARTS) is 1. The second-order valence-corrected chi connectivity index (χ2v) is 8.17. The van der Waals surface area contributed by atoms with Crippen LogP contribution >= 0.6 is 0 Å². The number of carboxylic acids is 1. The summed E-state index contributed by atoms with van der Waals surface area (Å²) in [5.41, 5.74) is 19.3. The van der Waals surface area contributed by atoms with E-state index in [2.05, 4.69) is 10.3 Å². The first-order chi connectivity index (χ1) is 18.7. The molecular formula is C30H27N5O4. The molecule has 9 nitrogen and oxygen atoms in total. The third-order valence-corrected chi connectivity index (χ3v) is 5.30. The van der Waals surface area contributed by atoms with E-state index in [0.717, 1.165) is 16.5 Å². The summed E-state index contributed by atoms with van der Waals surface area (Å²) in [7, 11) is 0. The number of carbonyl (C=O) groups excluding carboxylic acids is 2. The molecule has 0 aliphatic carbocycles. The minimum atomic E-state index is -0.884. The molecule has 196 valence electrons. The molecule has 0 bridgehead atoms. The fourth-order valence-electron chi connectivity index (χ4n) is 3.24. The Balaban J connectivity index is 0.000000166. The number of nitrogens with zero attached hydrogens (tertiary/aromatic N) is 1. The summed E-state index contributed by atoms with van der Waals surface area (Å²) in [5, 5.41) is 13.5. The first kappa shape index (κ1) is 27.9. The van der Waals surface area contributed by atoms with Gasteiger partial charge in [-0.15, -0.1) is 0 Å². The molecule has 2 amide bonds. The van der Waals surface area contributed by atoms with Gasteiger partial charge >= 0.3 is 5.97 Å². The van der Waals surface area contributed by atoms with E-state index in [1.54, 1.807) is 85.2 Å². The lowest BCUT2D eigenvalue weighted by molar-refractivity contribution is 0.0696. The van der Waals surface area contributed by atoms with Crippen molar-refractivity contribution in [2.45, 2.75) is 0 Å². The number of hydrogen-bond acceptors (Lipinski definition) is 6. The number of aromatic nitrogens is 1. The topological polar surface area (TPSA) is 174 Å². The Labute approximate surface area is 224 Å². The first-order valence-electron chi connectivity index (χ1n) is 11.7. The van der Waals surface area contributed by atoms with E-state index in [1.807, 2.05) is 30.3 Å². The first-order valence-corrected chi connectivity index (χ1v) is 11.7. The SMILES string of the molecule is NC(=O)c1ccc(N)cc1.Nc1ccc(NC(=O)c2ccncc2)cc1.O=C(O)c1ccc2ccccc2c1. The highest BCUT2D eigenvalue weighted by molar-refractivity contribution is 6.04. The Hall–Kier alpha value is -5.70. The smallest absolute Gasteiger partial charge is 0.335 e. The van der Waals surface area contributed by atoms with Gasteiger partial charge in [-0.1, -0.05) is 30.3 Å². The van der Waals surface area contributed by atoms with E-state index >= 15 is 0 Å². The van der Waals surface area contributed by atoms with Crippen LogP contribution in [0, 0.1) is 0 Å². The fraction of sp³-hybridized carbons (Fsp3) is 0. The van der Waals surface area contributed by atoms with Gasteiger partial charge in [0, 0.05) is 40.6 Å². The van der Waals surface area contributed by atoms with Crippen LogP contribution in [0.25, 0.3) is 10.8 Å². The van der Waals surface area contributed by atoms with Gasteiger partial charge in [-0.3, -0.25) is 14.6 Å². The Bertz CT molecular complexity index is 1550. The van der Waals surface area contributed by atoms with Crippen LogP contribution in [0.15, 0.2) is 116 Å². The highest BCUT2D eigenvalue weighted by Crippen LogP contribution is 2.15. The summed E-state index contributed by atoms with van der Waals surface area (Å²) in [5.74, 6) is -1.47. The maximum absolute atomic E-state index is 11.7. The number of nitrogen functional groups attached to an aromatic ring is 2. The molecule has 0 fully saturated rings. The van der Waals surface area contributed by atoms with Crippen molar-refractivity contribution in [2.75, 3.05) is 16.8 Å². The maximum Gasteiger partial charge on any atom is 0.335 e. The van der Waals surface area contributed by atoms with Gasteiger partial charge in [-0.2, -0.15) is 0 Å². The molecule has 5 rings (SSSR count). The van der Waals surface area contributed by atoms with Gasteiger partial charge in [0.25, 0.3) is 5.91 Å². The van der Waals surface area contributed by atoms with E-state index in [9.17, 15) is 14.4 Å². The zero-order chi connectivity index (χ0) is 28.2. The largest absolute Gasteiger partial charge is 0.478 e. The summed E-state index contributed by atoms with van der Waals surface area (Å²) >= 11 is 0. The van der Waals surface area contributed by atoms with Gasteiger partial charge in [0.15, 0.2) is 0 Å². The molecule has 0 radical (unpaired) electrons. The number of aromatic carboxylic acids is 1. The molecule has 0 saturated carbocycles. The normalized spacial score (nSPS) is 9.74. The number of amides is 2. The van der Waals surface area contributed by atoms with Gasteiger partial charge < -0.3 is 27.6 Å². The van der Waals surface area contributed by atoms with Crippen LogP contribution in [0.3, 0.4) is 0 Å². The molecule has 0 aliphatic heterocycles. The summed E-state index contributed by atoms with van der Waals surface area (Å²) in [6.45, 7) is 0. The number of nitrogens with one attached hydrogen (secondary N) is 1.